The Kier molecular flexibility index (Phi) is 12.5. The Bertz CT molecular complexity index is 544. The van der Waals surface area contributed by atoms with Gasteiger partial charge in [-0.3, -0.25) is 24.5 Å². The van der Waals surface area contributed by atoms with Crippen LogP contribution < -0.4 is 5.32 Å². The van der Waals surface area contributed by atoms with Crippen LogP contribution in [0.4, 0.5) is 0 Å². The van der Waals surface area contributed by atoms with E-state index >= 15 is 0 Å². The lowest BCUT2D eigenvalue weighted by atomic mass is 10.2. The Labute approximate surface area is 165 Å². The second-order valence-electron chi connectivity index (χ2n) is 6.61. The van der Waals surface area contributed by atoms with Crippen molar-refractivity contribution < 1.29 is 29.4 Å². The van der Waals surface area contributed by atoms with E-state index in [1.807, 2.05) is 31.1 Å². The van der Waals surface area contributed by atoms with E-state index in [1.54, 1.807) is 4.90 Å². The Morgan fingerprint density at radius 3 is 2.18 bits per heavy atom. The van der Waals surface area contributed by atoms with Crippen molar-refractivity contribution in [3.63, 3.8) is 0 Å². The summed E-state index contributed by atoms with van der Waals surface area (Å²) in [7, 11) is 3.99. The van der Waals surface area contributed by atoms with Gasteiger partial charge in [-0.05, 0) is 14.1 Å². The first-order chi connectivity index (χ1) is 13.0. The topological polar surface area (TPSA) is 130 Å². The van der Waals surface area contributed by atoms with Gasteiger partial charge in [0, 0.05) is 59.5 Å². The van der Waals surface area contributed by atoms with E-state index in [9.17, 15) is 9.59 Å². The van der Waals surface area contributed by atoms with Crippen LogP contribution in [0.1, 0.15) is 20.3 Å². The summed E-state index contributed by atoms with van der Waals surface area (Å²) in [6.07, 6.45) is 4.30. The average molecular weight is 400 g/mol. The molecule has 0 radical (unpaired) electrons. The molecule has 3 N–H and O–H groups in total. The van der Waals surface area contributed by atoms with Gasteiger partial charge in [-0.1, -0.05) is 12.2 Å². The zero-order valence-corrected chi connectivity index (χ0v) is 17.1. The molecule has 0 aromatic carbocycles. The highest BCUT2D eigenvalue weighted by atomic mass is 16.4. The van der Waals surface area contributed by atoms with E-state index in [0.717, 1.165) is 33.5 Å². The summed E-state index contributed by atoms with van der Waals surface area (Å²) in [5, 5.41) is 18.0. The molecule has 1 fully saturated rings. The van der Waals surface area contributed by atoms with Crippen LogP contribution in [0, 0.1) is 0 Å². The van der Waals surface area contributed by atoms with Gasteiger partial charge < -0.3 is 24.9 Å². The number of carboxylic acids is 2. The number of hydrogen-bond acceptors (Lipinski definition) is 6. The zero-order chi connectivity index (χ0) is 21.7. The molecule has 2 amide bonds. The largest absolute Gasteiger partial charge is 0.481 e. The van der Waals surface area contributed by atoms with Gasteiger partial charge in [-0.15, -0.1) is 0 Å². The number of nitrogens with one attached hydrogen (secondary N) is 1. The fourth-order valence-electron chi connectivity index (χ4n) is 2.48. The van der Waals surface area contributed by atoms with E-state index in [4.69, 9.17) is 19.8 Å². The molecule has 2 rings (SSSR count). The lowest BCUT2D eigenvalue weighted by Crippen LogP contribution is -2.45. The third-order valence-corrected chi connectivity index (χ3v) is 3.77. The predicted octanol–water partition coefficient (Wildman–Crippen LogP) is -0.681. The highest BCUT2D eigenvalue weighted by Crippen LogP contribution is 2.08. The number of aliphatic carboxylic acids is 2. The van der Waals surface area contributed by atoms with Crippen LogP contribution in [0.3, 0.4) is 0 Å². The molecule has 0 spiro atoms. The predicted molar refractivity (Wildman–Crippen MR) is 104 cm³/mol. The number of likely N-dealkylation sites (N-methyl/N-ethyl adjacent to an activating group) is 1. The third-order valence-electron chi connectivity index (χ3n) is 3.77. The second-order valence-corrected chi connectivity index (χ2v) is 6.61. The molecule has 160 valence electrons. The van der Waals surface area contributed by atoms with Crippen molar-refractivity contribution in [3.05, 3.63) is 12.2 Å². The number of carboxylic acid groups (broad SMARTS) is 2. The quantitative estimate of drug-likeness (QED) is 0.529. The summed E-state index contributed by atoms with van der Waals surface area (Å²) in [6, 6.07) is -0.210. The van der Waals surface area contributed by atoms with Crippen molar-refractivity contribution in [3.8, 4) is 0 Å². The number of amides is 2. The minimum Gasteiger partial charge on any atom is -0.481 e. The fraction of sp³-hybridized carbons (Fsp3) is 0.667. The van der Waals surface area contributed by atoms with Gasteiger partial charge in [-0.25, -0.2) is 0 Å². The maximum atomic E-state index is 12.3. The SMILES string of the molecule is CC(=O)O.CC(=O)O.CN(C)CCN1CCN(C(=O)C2C=CCN2)CCC1=O. The van der Waals surface area contributed by atoms with Crippen LogP contribution in [-0.4, -0.2) is 108 Å². The van der Waals surface area contributed by atoms with Crippen LogP contribution in [0.15, 0.2) is 12.2 Å². The van der Waals surface area contributed by atoms with Crippen molar-refractivity contribution in [2.75, 3.05) is 53.4 Å². The molecule has 0 bridgehead atoms. The Balaban J connectivity index is 0.000000776. The fourth-order valence-corrected chi connectivity index (χ4v) is 2.48. The minimum absolute atomic E-state index is 0.0843. The van der Waals surface area contributed by atoms with Crippen LogP contribution >= 0.6 is 0 Å². The standard InChI is InChI=1S/C14H24N4O2.2C2H4O2/c1-16(2)8-9-17-10-11-18(7-5-13(17)19)14(20)12-4-3-6-15-12;2*1-2(3)4/h3-4,12,15H,5-11H2,1-2H3;2*1H3,(H,3,4). The summed E-state index contributed by atoms with van der Waals surface area (Å²) in [6.45, 7) is 6.29. The number of rotatable bonds is 4. The summed E-state index contributed by atoms with van der Waals surface area (Å²) in [5.74, 6) is -1.43. The van der Waals surface area contributed by atoms with Gasteiger partial charge in [-0.2, -0.15) is 0 Å². The van der Waals surface area contributed by atoms with E-state index in [0.29, 0.717) is 26.1 Å². The van der Waals surface area contributed by atoms with Gasteiger partial charge in [0.05, 0.1) is 0 Å². The molecule has 1 unspecified atom stereocenters. The molecule has 2 heterocycles. The van der Waals surface area contributed by atoms with Crippen molar-refractivity contribution in [1.82, 2.24) is 20.0 Å². The molecular weight excluding hydrogens is 368 g/mol. The monoisotopic (exact) mass is 400 g/mol. The first-order valence-corrected chi connectivity index (χ1v) is 9.05. The number of nitrogens with zero attached hydrogens (tertiary/aromatic N) is 3. The van der Waals surface area contributed by atoms with E-state index in [2.05, 4.69) is 10.2 Å². The van der Waals surface area contributed by atoms with Gasteiger partial charge >= 0.3 is 0 Å². The maximum absolute atomic E-state index is 12.3. The van der Waals surface area contributed by atoms with Crippen molar-refractivity contribution in [2.45, 2.75) is 26.3 Å². The molecule has 0 aromatic rings. The third kappa shape index (κ3) is 12.0. The Hall–Kier alpha value is -2.46. The van der Waals surface area contributed by atoms with Gasteiger partial charge in [0.25, 0.3) is 11.9 Å². The average Bonchev–Trinajstić information content (AvgIpc) is 3.03. The summed E-state index contributed by atoms with van der Waals surface area (Å²) in [5.41, 5.74) is 0. The van der Waals surface area contributed by atoms with Crippen molar-refractivity contribution in [2.24, 2.45) is 0 Å². The smallest absolute Gasteiger partial charge is 0.300 e. The number of carbonyl (C=O) groups excluding carboxylic acids is 2. The first kappa shape index (κ1) is 25.5. The van der Waals surface area contributed by atoms with Gasteiger partial charge in [0.15, 0.2) is 0 Å². The second kappa shape index (κ2) is 13.7. The highest BCUT2D eigenvalue weighted by molar-refractivity contribution is 5.85. The molecule has 2 aliphatic rings. The first-order valence-electron chi connectivity index (χ1n) is 9.05. The summed E-state index contributed by atoms with van der Waals surface area (Å²) >= 11 is 0. The van der Waals surface area contributed by atoms with Gasteiger partial charge in [0.1, 0.15) is 6.04 Å². The summed E-state index contributed by atoms with van der Waals surface area (Å²) in [4.78, 5) is 48.1. The molecule has 1 saturated heterocycles. The van der Waals surface area contributed by atoms with Gasteiger partial charge in [0.2, 0.25) is 11.8 Å². The van der Waals surface area contributed by atoms with Crippen LogP contribution in [0.5, 0.6) is 0 Å². The number of carbonyl (C=O) groups is 4. The molecule has 10 heteroatoms. The lowest BCUT2D eigenvalue weighted by Gasteiger charge is -2.24. The maximum Gasteiger partial charge on any atom is 0.300 e. The van der Waals surface area contributed by atoms with Crippen LogP contribution in [-0.2, 0) is 19.2 Å². The molecule has 28 heavy (non-hydrogen) atoms. The molecule has 0 aliphatic carbocycles. The normalized spacial score (nSPS) is 18.6. The Morgan fingerprint density at radius 1 is 1.14 bits per heavy atom. The molecular formula is C18H32N4O6. The van der Waals surface area contributed by atoms with Crippen LogP contribution in [0.25, 0.3) is 0 Å². The molecule has 10 nitrogen and oxygen atoms in total. The van der Waals surface area contributed by atoms with E-state index in [-0.39, 0.29) is 17.9 Å². The molecule has 2 aliphatic heterocycles. The van der Waals surface area contributed by atoms with Crippen molar-refractivity contribution >= 4 is 23.8 Å². The molecule has 1 atom stereocenters. The molecule has 0 saturated carbocycles. The van der Waals surface area contributed by atoms with E-state index < -0.39 is 11.9 Å². The highest BCUT2D eigenvalue weighted by Gasteiger charge is 2.27. The minimum atomic E-state index is -0.833. The van der Waals surface area contributed by atoms with Crippen LogP contribution in [0.2, 0.25) is 0 Å². The molecule has 0 aromatic heterocycles. The van der Waals surface area contributed by atoms with E-state index in [1.165, 1.54) is 0 Å². The number of hydrogen-bond donors (Lipinski definition) is 3. The summed E-state index contributed by atoms with van der Waals surface area (Å²) < 4.78 is 0. The van der Waals surface area contributed by atoms with Crippen molar-refractivity contribution in [1.29, 1.82) is 0 Å². The Morgan fingerprint density at radius 2 is 1.71 bits per heavy atom. The lowest BCUT2D eigenvalue weighted by molar-refractivity contribution is -0.135. The zero-order valence-electron chi connectivity index (χ0n) is 17.1.